The zero-order valence-corrected chi connectivity index (χ0v) is 13.8. The zero-order chi connectivity index (χ0) is 16.7. The maximum atomic E-state index is 12.3. The highest BCUT2D eigenvalue weighted by Crippen LogP contribution is 2.47. The predicted octanol–water partition coefficient (Wildman–Crippen LogP) is 2.56. The van der Waals surface area contributed by atoms with Crippen LogP contribution in [0.5, 0.6) is 11.5 Å². The van der Waals surface area contributed by atoms with Crippen LogP contribution in [0.25, 0.3) is 0 Å². The van der Waals surface area contributed by atoms with Gasteiger partial charge in [-0.3, -0.25) is 4.79 Å². The molecule has 0 amide bonds. The minimum absolute atomic E-state index is 0.278. The Morgan fingerprint density at radius 1 is 1.05 bits per heavy atom. The van der Waals surface area contributed by atoms with E-state index in [4.69, 9.17) is 14.2 Å². The van der Waals surface area contributed by atoms with Gasteiger partial charge in [-0.1, -0.05) is 0 Å². The van der Waals surface area contributed by atoms with E-state index in [0.717, 1.165) is 0 Å². The van der Waals surface area contributed by atoms with Gasteiger partial charge >= 0.3 is 0 Å². The SMILES string of the molecule is COc1cc(OC)cc(C2(O)C(=O)C(C)=C2OC(C)(C)C)c1. The number of carbonyl (C=O) groups is 1. The van der Waals surface area contributed by atoms with Crippen LogP contribution < -0.4 is 9.47 Å². The first-order valence-electron chi connectivity index (χ1n) is 7.04. The quantitative estimate of drug-likeness (QED) is 0.926. The number of Topliss-reactive ketones (excluding diaryl/α,β-unsaturated/α-hetero) is 1. The Labute approximate surface area is 130 Å². The van der Waals surface area contributed by atoms with Crippen LogP contribution in [0.1, 0.15) is 33.3 Å². The molecule has 0 saturated heterocycles. The van der Waals surface area contributed by atoms with Crippen molar-refractivity contribution in [2.75, 3.05) is 14.2 Å². The lowest BCUT2D eigenvalue weighted by Gasteiger charge is -2.41. The van der Waals surface area contributed by atoms with E-state index in [9.17, 15) is 9.90 Å². The summed E-state index contributed by atoms with van der Waals surface area (Å²) >= 11 is 0. The Kier molecular flexibility index (Phi) is 3.96. The number of methoxy groups -OCH3 is 2. The number of ketones is 1. The van der Waals surface area contributed by atoms with Gasteiger partial charge in [-0.15, -0.1) is 0 Å². The normalized spacial score (nSPS) is 21.5. The van der Waals surface area contributed by atoms with Gasteiger partial charge in [0.1, 0.15) is 22.9 Å². The fourth-order valence-electron chi connectivity index (χ4n) is 2.42. The van der Waals surface area contributed by atoms with Crippen LogP contribution >= 0.6 is 0 Å². The Balaban J connectivity index is 2.53. The average molecular weight is 306 g/mol. The van der Waals surface area contributed by atoms with Crippen molar-refractivity contribution < 1.29 is 24.1 Å². The van der Waals surface area contributed by atoms with E-state index < -0.39 is 11.2 Å². The fourth-order valence-corrected chi connectivity index (χ4v) is 2.42. The number of benzene rings is 1. The molecule has 1 aliphatic rings. The van der Waals surface area contributed by atoms with Crippen LogP contribution in [0.3, 0.4) is 0 Å². The molecule has 1 N–H and O–H groups in total. The predicted molar refractivity (Wildman–Crippen MR) is 82.0 cm³/mol. The molecular weight excluding hydrogens is 284 g/mol. The third-order valence-corrected chi connectivity index (χ3v) is 3.52. The van der Waals surface area contributed by atoms with Crippen molar-refractivity contribution in [3.8, 4) is 11.5 Å². The van der Waals surface area contributed by atoms with Crippen molar-refractivity contribution in [1.29, 1.82) is 0 Å². The molecule has 1 unspecified atom stereocenters. The molecule has 1 aromatic rings. The molecule has 0 saturated carbocycles. The number of hydrogen-bond donors (Lipinski definition) is 1. The maximum absolute atomic E-state index is 12.3. The molecule has 22 heavy (non-hydrogen) atoms. The number of rotatable bonds is 4. The van der Waals surface area contributed by atoms with E-state index in [0.29, 0.717) is 22.6 Å². The van der Waals surface area contributed by atoms with Crippen molar-refractivity contribution >= 4 is 5.78 Å². The first-order valence-corrected chi connectivity index (χ1v) is 7.04. The minimum Gasteiger partial charge on any atom is -0.497 e. The van der Waals surface area contributed by atoms with E-state index in [2.05, 4.69) is 0 Å². The molecule has 0 spiro atoms. The largest absolute Gasteiger partial charge is 0.497 e. The molecule has 5 nitrogen and oxygen atoms in total. The third-order valence-electron chi connectivity index (χ3n) is 3.52. The molecule has 0 heterocycles. The molecule has 0 radical (unpaired) electrons. The Morgan fingerprint density at radius 2 is 1.55 bits per heavy atom. The van der Waals surface area contributed by atoms with Gasteiger partial charge in [0.05, 0.1) is 14.2 Å². The smallest absolute Gasteiger partial charge is 0.211 e. The number of aliphatic hydroxyl groups is 1. The topological polar surface area (TPSA) is 65.0 Å². The van der Waals surface area contributed by atoms with Gasteiger partial charge in [0.25, 0.3) is 0 Å². The highest BCUT2D eigenvalue weighted by Gasteiger charge is 2.55. The second kappa shape index (κ2) is 5.32. The highest BCUT2D eigenvalue weighted by atomic mass is 16.5. The summed E-state index contributed by atoms with van der Waals surface area (Å²) in [6, 6.07) is 4.90. The molecule has 0 bridgehead atoms. The molecular formula is C17H22O5. The lowest BCUT2D eigenvalue weighted by Crippen LogP contribution is -2.50. The summed E-state index contributed by atoms with van der Waals surface area (Å²) in [5, 5.41) is 10.9. The fraction of sp³-hybridized carbons (Fsp3) is 0.471. The molecule has 0 fully saturated rings. The van der Waals surface area contributed by atoms with Gasteiger partial charge in [0, 0.05) is 17.2 Å². The molecule has 1 aromatic carbocycles. The Morgan fingerprint density at radius 3 is 1.95 bits per heavy atom. The van der Waals surface area contributed by atoms with Crippen molar-refractivity contribution in [2.45, 2.75) is 38.9 Å². The van der Waals surface area contributed by atoms with Gasteiger partial charge in [-0.2, -0.15) is 0 Å². The lowest BCUT2D eigenvalue weighted by atomic mass is 9.73. The Hall–Kier alpha value is -2.01. The Bertz CT molecular complexity index is 617. The van der Waals surface area contributed by atoms with Crippen LogP contribution in [0, 0.1) is 0 Å². The van der Waals surface area contributed by atoms with Crippen LogP contribution in [0.15, 0.2) is 29.5 Å². The van der Waals surface area contributed by atoms with Crippen LogP contribution in [-0.2, 0) is 15.1 Å². The summed E-state index contributed by atoms with van der Waals surface area (Å²) in [4.78, 5) is 12.3. The standard InChI is InChI=1S/C17H22O5/c1-10-14(18)17(19,15(10)22-16(2,3)4)11-7-12(20-5)9-13(8-11)21-6/h7-9,19H,1-6H3. The summed E-state index contributed by atoms with van der Waals surface area (Å²) < 4.78 is 16.2. The monoisotopic (exact) mass is 306 g/mol. The number of hydrogen-bond acceptors (Lipinski definition) is 5. The summed E-state index contributed by atoms with van der Waals surface area (Å²) in [6.45, 7) is 7.24. The van der Waals surface area contributed by atoms with Gasteiger partial charge < -0.3 is 19.3 Å². The minimum atomic E-state index is -1.79. The maximum Gasteiger partial charge on any atom is 0.211 e. The molecule has 1 atom stereocenters. The summed E-state index contributed by atoms with van der Waals surface area (Å²) in [5.74, 6) is 0.896. The van der Waals surface area contributed by atoms with Gasteiger partial charge in [0.2, 0.25) is 11.4 Å². The highest BCUT2D eigenvalue weighted by molar-refractivity contribution is 6.11. The number of carbonyl (C=O) groups excluding carboxylic acids is 1. The molecule has 0 aromatic heterocycles. The third kappa shape index (κ3) is 2.57. The van der Waals surface area contributed by atoms with Crippen molar-refractivity contribution in [1.82, 2.24) is 0 Å². The van der Waals surface area contributed by atoms with Crippen LogP contribution in [0.4, 0.5) is 0 Å². The van der Waals surface area contributed by atoms with E-state index >= 15 is 0 Å². The van der Waals surface area contributed by atoms with Gasteiger partial charge in [-0.05, 0) is 39.8 Å². The van der Waals surface area contributed by atoms with Crippen LogP contribution in [-0.4, -0.2) is 30.7 Å². The lowest BCUT2D eigenvalue weighted by molar-refractivity contribution is -0.146. The van der Waals surface area contributed by atoms with Crippen molar-refractivity contribution in [2.24, 2.45) is 0 Å². The molecule has 0 aliphatic heterocycles. The molecule has 5 heteroatoms. The molecule has 2 rings (SSSR count). The first kappa shape index (κ1) is 16.4. The second-order valence-corrected chi connectivity index (χ2v) is 6.31. The molecule has 120 valence electrons. The van der Waals surface area contributed by atoms with E-state index in [-0.39, 0.29) is 11.5 Å². The first-order chi connectivity index (χ1) is 10.1. The van der Waals surface area contributed by atoms with Crippen molar-refractivity contribution in [3.05, 3.63) is 35.1 Å². The summed E-state index contributed by atoms with van der Waals surface area (Å²) in [5.41, 5.74) is -1.51. The molecule has 1 aliphatic carbocycles. The zero-order valence-electron chi connectivity index (χ0n) is 13.8. The van der Waals surface area contributed by atoms with E-state index in [1.807, 2.05) is 20.8 Å². The second-order valence-electron chi connectivity index (χ2n) is 6.31. The van der Waals surface area contributed by atoms with Gasteiger partial charge in [-0.25, -0.2) is 0 Å². The van der Waals surface area contributed by atoms with Crippen molar-refractivity contribution in [3.63, 3.8) is 0 Å². The average Bonchev–Trinajstić information content (AvgIpc) is 2.49. The van der Waals surface area contributed by atoms with Gasteiger partial charge in [0.15, 0.2) is 0 Å². The summed E-state index contributed by atoms with van der Waals surface area (Å²) in [7, 11) is 3.03. The van der Waals surface area contributed by atoms with E-state index in [1.165, 1.54) is 14.2 Å². The van der Waals surface area contributed by atoms with E-state index in [1.54, 1.807) is 25.1 Å². The number of ether oxygens (including phenoxy) is 3. The van der Waals surface area contributed by atoms with Crippen LogP contribution in [0.2, 0.25) is 0 Å². The summed E-state index contributed by atoms with van der Waals surface area (Å²) in [6.07, 6.45) is 0.